The van der Waals surface area contributed by atoms with Gasteiger partial charge in [-0.2, -0.15) is 0 Å². The minimum Gasteiger partial charge on any atom is -0.492 e. The molecule has 0 unspecified atom stereocenters. The Labute approximate surface area is 119 Å². The molecule has 1 saturated heterocycles. The molecule has 100 valence electrons. The molecule has 0 radical (unpaired) electrons. The molecule has 18 heavy (non-hydrogen) atoms. The maximum Gasteiger partial charge on any atom is 0.250 e. The van der Waals surface area contributed by atoms with Crippen molar-refractivity contribution >= 4 is 22.6 Å². The van der Waals surface area contributed by atoms with Crippen LogP contribution >= 0.6 is 22.6 Å². The molecule has 2 nitrogen and oxygen atoms in total. The van der Waals surface area contributed by atoms with Crippen LogP contribution in [0, 0.1) is 3.57 Å². The number of halogens is 3. The van der Waals surface area contributed by atoms with Crippen LogP contribution < -0.4 is 4.74 Å². The van der Waals surface area contributed by atoms with Gasteiger partial charge in [-0.3, -0.25) is 4.90 Å². The number of hydrogen-bond acceptors (Lipinski definition) is 2. The highest BCUT2D eigenvalue weighted by Crippen LogP contribution is 2.27. The van der Waals surface area contributed by atoms with E-state index in [0.29, 0.717) is 26.2 Å². The van der Waals surface area contributed by atoms with Gasteiger partial charge >= 0.3 is 0 Å². The Morgan fingerprint density at radius 2 is 1.78 bits per heavy atom. The zero-order valence-corrected chi connectivity index (χ0v) is 12.2. The van der Waals surface area contributed by atoms with Gasteiger partial charge in [0.05, 0.1) is 0 Å². The summed E-state index contributed by atoms with van der Waals surface area (Å²) in [6.07, 6.45) is -0.0624. The lowest BCUT2D eigenvalue weighted by Gasteiger charge is -2.31. The number of benzene rings is 1. The number of hydrogen-bond donors (Lipinski definition) is 0. The minimum atomic E-state index is -2.46. The van der Waals surface area contributed by atoms with Gasteiger partial charge in [-0.05, 0) is 46.9 Å². The van der Waals surface area contributed by atoms with E-state index >= 15 is 0 Å². The van der Waals surface area contributed by atoms with Crippen molar-refractivity contribution in [1.82, 2.24) is 4.90 Å². The second kappa shape index (κ2) is 6.14. The molecule has 1 fully saturated rings. The van der Waals surface area contributed by atoms with Crippen LogP contribution in [0.5, 0.6) is 5.75 Å². The largest absolute Gasteiger partial charge is 0.492 e. The second-order valence-electron chi connectivity index (χ2n) is 4.50. The third kappa shape index (κ3) is 4.35. The van der Waals surface area contributed by atoms with Crippen molar-refractivity contribution in [2.45, 2.75) is 18.8 Å². The lowest BCUT2D eigenvalue weighted by Crippen LogP contribution is -2.41. The molecule has 1 aromatic rings. The quantitative estimate of drug-likeness (QED) is 0.757. The Morgan fingerprint density at radius 1 is 1.17 bits per heavy atom. The Morgan fingerprint density at radius 3 is 2.39 bits per heavy atom. The molecular weight excluding hydrogens is 351 g/mol. The molecule has 1 aromatic carbocycles. The topological polar surface area (TPSA) is 12.5 Å². The van der Waals surface area contributed by atoms with Crippen molar-refractivity contribution in [3.63, 3.8) is 0 Å². The highest BCUT2D eigenvalue weighted by Gasteiger charge is 2.33. The van der Waals surface area contributed by atoms with Crippen LogP contribution in [0.4, 0.5) is 8.78 Å². The van der Waals surface area contributed by atoms with Gasteiger partial charge < -0.3 is 4.74 Å². The van der Waals surface area contributed by atoms with Crippen LogP contribution in [-0.2, 0) is 0 Å². The van der Waals surface area contributed by atoms with E-state index < -0.39 is 5.92 Å². The van der Waals surface area contributed by atoms with Gasteiger partial charge in [-0.1, -0.05) is 0 Å². The summed E-state index contributed by atoms with van der Waals surface area (Å²) in [5, 5.41) is 0. The molecule has 1 aliphatic heterocycles. The standard InChI is InChI=1S/C13H16F2INO/c14-13(15)5-7-17(8-6-13)9-10-18-12-3-1-11(16)2-4-12/h1-4H,5-10H2. The molecule has 0 aromatic heterocycles. The van der Waals surface area contributed by atoms with E-state index in [1.165, 1.54) is 3.57 Å². The van der Waals surface area contributed by atoms with Gasteiger partial charge in [-0.15, -0.1) is 0 Å². The fraction of sp³-hybridized carbons (Fsp3) is 0.538. The number of likely N-dealkylation sites (tertiary alicyclic amines) is 1. The summed E-state index contributed by atoms with van der Waals surface area (Å²) in [7, 11) is 0. The molecule has 0 bridgehead atoms. The monoisotopic (exact) mass is 367 g/mol. The molecule has 2 rings (SSSR count). The SMILES string of the molecule is FC1(F)CCN(CCOc2ccc(I)cc2)CC1. The van der Waals surface area contributed by atoms with Gasteiger partial charge in [0.25, 0.3) is 5.92 Å². The highest BCUT2D eigenvalue weighted by molar-refractivity contribution is 14.1. The molecule has 0 amide bonds. The Balaban J connectivity index is 1.68. The minimum absolute atomic E-state index is 0.0312. The first-order valence-electron chi connectivity index (χ1n) is 6.04. The van der Waals surface area contributed by atoms with Crippen LogP contribution in [0.15, 0.2) is 24.3 Å². The average molecular weight is 367 g/mol. The van der Waals surface area contributed by atoms with E-state index in [0.717, 1.165) is 5.75 Å². The van der Waals surface area contributed by atoms with Crippen molar-refractivity contribution in [2.24, 2.45) is 0 Å². The lowest BCUT2D eigenvalue weighted by atomic mass is 10.1. The predicted octanol–water partition coefficient (Wildman–Crippen LogP) is 3.40. The summed E-state index contributed by atoms with van der Waals surface area (Å²) < 4.78 is 32.6. The molecule has 0 aliphatic carbocycles. The van der Waals surface area contributed by atoms with E-state index in [4.69, 9.17) is 4.74 Å². The third-order valence-electron chi connectivity index (χ3n) is 3.08. The fourth-order valence-corrected chi connectivity index (χ4v) is 2.29. The first kappa shape index (κ1) is 14.0. The lowest BCUT2D eigenvalue weighted by molar-refractivity contribution is -0.0564. The van der Waals surface area contributed by atoms with E-state index in [1.54, 1.807) is 0 Å². The summed E-state index contributed by atoms with van der Waals surface area (Å²) in [5.41, 5.74) is 0. The van der Waals surface area contributed by atoms with E-state index in [9.17, 15) is 8.78 Å². The molecule has 0 spiro atoms. The van der Waals surface area contributed by atoms with Gasteiger partial charge in [0.1, 0.15) is 12.4 Å². The molecule has 1 aliphatic rings. The number of rotatable bonds is 4. The van der Waals surface area contributed by atoms with Crippen LogP contribution in [0.2, 0.25) is 0 Å². The van der Waals surface area contributed by atoms with Gasteiger partial charge in [0, 0.05) is 36.0 Å². The summed E-state index contributed by atoms with van der Waals surface area (Å²) in [4.78, 5) is 2.03. The van der Waals surface area contributed by atoms with E-state index in [2.05, 4.69) is 22.6 Å². The van der Waals surface area contributed by atoms with Crippen LogP contribution in [-0.4, -0.2) is 37.1 Å². The first-order chi connectivity index (χ1) is 8.55. The van der Waals surface area contributed by atoms with Gasteiger partial charge in [-0.25, -0.2) is 8.78 Å². The van der Waals surface area contributed by atoms with E-state index in [-0.39, 0.29) is 12.8 Å². The molecule has 0 atom stereocenters. The van der Waals surface area contributed by atoms with Crippen molar-refractivity contribution in [1.29, 1.82) is 0 Å². The van der Waals surface area contributed by atoms with Crippen molar-refractivity contribution in [2.75, 3.05) is 26.2 Å². The second-order valence-corrected chi connectivity index (χ2v) is 5.75. The summed E-state index contributed by atoms with van der Waals surface area (Å²) in [6.45, 7) is 2.18. The number of ether oxygens (including phenoxy) is 1. The average Bonchev–Trinajstić information content (AvgIpc) is 2.34. The molecule has 1 heterocycles. The Hall–Kier alpha value is -0.430. The zero-order chi connectivity index (χ0) is 13.0. The maximum absolute atomic E-state index is 12.9. The summed E-state index contributed by atoms with van der Waals surface area (Å²) >= 11 is 2.24. The maximum atomic E-state index is 12.9. The zero-order valence-electron chi connectivity index (χ0n) is 10.0. The Bertz CT molecular complexity index is 373. The normalized spacial score (nSPS) is 19.7. The Kier molecular flexibility index (Phi) is 4.77. The van der Waals surface area contributed by atoms with Crippen molar-refractivity contribution in [3.05, 3.63) is 27.8 Å². The fourth-order valence-electron chi connectivity index (χ4n) is 1.93. The van der Waals surface area contributed by atoms with E-state index in [1.807, 2.05) is 29.2 Å². The molecule has 0 saturated carbocycles. The summed E-state index contributed by atoms with van der Waals surface area (Å²) in [6, 6.07) is 7.81. The number of nitrogens with zero attached hydrogens (tertiary/aromatic N) is 1. The van der Waals surface area contributed by atoms with Crippen LogP contribution in [0.25, 0.3) is 0 Å². The van der Waals surface area contributed by atoms with Crippen LogP contribution in [0.1, 0.15) is 12.8 Å². The van der Waals surface area contributed by atoms with Crippen molar-refractivity contribution in [3.8, 4) is 5.75 Å². The summed E-state index contributed by atoms with van der Waals surface area (Å²) in [5.74, 6) is -1.63. The molecule has 5 heteroatoms. The molecule has 0 N–H and O–H groups in total. The highest BCUT2D eigenvalue weighted by atomic mass is 127. The number of piperidine rings is 1. The smallest absolute Gasteiger partial charge is 0.250 e. The predicted molar refractivity (Wildman–Crippen MR) is 75.3 cm³/mol. The first-order valence-corrected chi connectivity index (χ1v) is 7.12. The van der Waals surface area contributed by atoms with Crippen LogP contribution in [0.3, 0.4) is 0 Å². The third-order valence-corrected chi connectivity index (χ3v) is 3.80. The molecular formula is C13H16F2INO. The van der Waals surface area contributed by atoms with Crippen molar-refractivity contribution < 1.29 is 13.5 Å². The number of alkyl halides is 2. The van der Waals surface area contributed by atoms with Gasteiger partial charge in [0.15, 0.2) is 0 Å². The van der Waals surface area contributed by atoms with Gasteiger partial charge in [0.2, 0.25) is 0 Å².